The summed E-state index contributed by atoms with van der Waals surface area (Å²) in [7, 11) is 3.83. The van der Waals surface area contributed by atoms with Gasteiger partial charge >= 0.3 is 6.18 Å². The zero-order valence-corrected chi connectivity index (χ0v) is 12.2. The topological polar surface area (TPSA) is 23.6 Å². The van der Waals surface area contributed by atoms with Crippen molar-refractivity contribution in [2.45, 2.75) is 25.1 Å². The number of hydrogen-bond acceptors (Lipinski definition) is 3. The summed E-state index contributed by atoms with van der Waals surface area (Å²) in [5.74, 6) is 0. The Hall–Kier alpha value is -1.56. The van der Waals surface area contributed by atoms with Crippen LogP contribution in [-0.2, 0) is 6.18 Å². The molecule has 6 heteroatoms. The first-order chi connectivity index (χ1) is 9.82. The van der Waals surface area contributed by atoms with E-state index in [1.54, 1.807) is 0 Å². The molecular formula is C15H19F3N2O. The highest BCUT2D eigenvalue weighted by Gasteiger charge is 2.37. The van der Waals surface area contributed by atoms with Crippen molar-refractivity contribution in [2.75, 3.05) is 32.1 Å². The number of alkyl halides is 3. The van der Waals surface area contributed by atoms with Crippen LogP contribution in [0, 0.1) is 0 Å². The number of aldehydes is 1. The van der Waals surface area contributed by atoms with E-state index in [9.17, 15) is 18.0 Å². The fourth-order valence-electron chi connectivity index (χ4n) is 2.87. The number of hydrogen-bond donors (Lipinski definition) is 0. The van der Waals surface area contributed by atoms with Gasteiger partial charge in [0.1, 0.15) is 6.29 Å². The highest BCUT2D eigenvalue weighted by atomic mass is 19.4. The van der Waals surface area contributed by atoms with Crippen LogP contribution >= 0.6 is 0 Å². The van der Waals surface area contributed by atoms with E-state index >= 15 is 0 Å². The first kappa shape index (κ1) is 15.8. The molecule has 116 valence electrons. The fourth-order valence-corrected chi connectivity index (χ4v) is 2.87. The van der Waals surface area contributed by atoms with Crippen LogP contribution in [0.15, 0.2) is 18.2 Å². The second-order valence-corrected chi connectivity index (χ2v) is 5.64. The van der Waals surface area contributed by atoms with Crippen LogP contribution < -0.4 is 4.90 Å². The summed E-state index contributed by atoms with van der Waals surface area (Å²) in [6, 6.07) is 3.87. The van der Waals surface area contributed by atoms with Gasteiger partial charge in [0.05, 0.1) is 5.56 Å². The Bertz CT molecular complexity index is 514. The number of anilines is 1. The van der Waals surface area contributed by atoms with Crippen molar-refractivity contribution in [2.24, 2.45) is 0 Å². The maximum absolute atomic E-state index is 13.3. The van der Waals surface area contributed by atoms with Crippen LogP contribution in [0.3, 0.4) is 0 Å². The highest BCUT2D eigenvalue weighted by molar-refractivity contribution is 5.77. The molecule has 0 radical (unpaired) electrons. The smallest absolute Gasteiger partial charge is 0.367 e. The summed E-state index contributed by atoms with van der Waals surface area (Å²) in [4.78, 5) is 14.5. The molecule has 1 unspecified atom stereocenters. The van der Waals surface area contributed by atoms with Crippen molar-refractivity contribution in [1.29, 1.82) is 0 Å². The van der Waals surface area contributed by atoms with E-state index in [1.165, 1.54) is 12.1 Å². The normalized spacial score (nSPS) is 19.3. The molecule has 1 aliphatic rings. The quantitative estimate of drug-likeness (QED) is 0.799. The fraction of sp³-hybridized carbons (Fsp3) is 0.533. The van der Waals surface area contributed by atoms with Gasteiger partial charge < -0.3 is 9.80 Å². The van der Waals surface area contributed by atoms with Crippen molar-refractivity contribution >= 4 is 12.0 Å². The Kier molecular flexibility index (Phi) is 4.56. The molecule has 1 aromatic rings. The van der Waals surface area contributed by atoms with E-state index in [0.717, 1.165) is 18.9 Å². The lowest BCUT2D eigenvalue weighted by Crippen LogP contribution is -2.38. The Morgan fingerprint density at radius 2 is 2.10 bits per heavy atom. The Morgan fingerprint density at radius 1 is 1.38 bits per heavy atom. The zero-order chi connectivity index (χ0) is 15.6. The molecule has 1 aromatic carbocycles. The monoisotopic (exact) mass is 300 g/mol. The van der Waals surface area contributed by atoms with E-state index in [2.05, 4.69) is 0 Å². The van der Waals surface area contributed by atoms with Gasteiger partial charge in [-0.3, -0.25) is 4.79 Å². The van der Waals surface area contributed by atoms with Gasteiger partial charge in [0.2, 0.25) is 0 Å². The molecule has 0 amide bonds. The van der Waals surface area contributed by atoms with Crippen molar-refractivity contribution in [1.82, 2.24) is 4.90 Å². The summed E-state index contributed by atoms with van der Waals surface area (Å²) >= 11 is 0. The number of carbonyl (C=O) groups excluding carboxylic acids is 1. The van der Waals surface area contributed by atoms with E-state index in [-0.39, 0.29) is 17.3 Å². The summed E-state index contributed by atoms with van der Waals surface area (Å²) in [6.07, 6.45) is -2.25. The predicted molar refractivity (Wildman–Crippen MR) is 75.8 cm³/mol. The van der Waals surface area contributed by atoms with Gasteiger partial charge in [-0.15, -0.1) is 0 Å². The van der Waals surface area contributed by atoms with Gasteiger partial charge in [-0.25, -0.2) is 0 Å². The molecule has 3 nitrogen and oxygen atoms in total. The average molecular weight is 300 g/mol. The van der Waals surface area contributed by atoms with E-state index in [0.29, 0.717) is 19.4 Å². The molecule has 1 heterocycles. The SMILES string of the molecule is CN(C)CC1CCCN1c1ccc(C=O)cc1C(F)(F)F. The second-order valence-electron chi connectivity index (χ2n) is 5.64. The molecule has 0 bridgehead atoms. The Labute approximate surface area is 122 Å². The van der Waals surface area contributed by atoms with Crippen LogP contribution in [-0.4, -0.2) is 44.4 Å². The van der Waals surface area contributed by atoms with Gasteiger partial charge in [0.15, 0.2) is 0 Å². The zero-order valence-electron chi connectivity index (χ0n) is 12.2. The summed E-state index contributed by atoms with van der Waals surface area (Å²) in [5, 5.41) is 0. The molecule has 21 heavy (non-hydrogen) atoms. The van der Waals surface area contributed by atoms with Crippen LogP contribution in [0.5, 0.6) is 0 Å². The molecule has 0 saturated carbocycles. The number of carbonyl (C=O) groups is 1. The maximum atomic E-state index is 13.3. The largest absolute Gasteiger partial charge is 0.418 e. The number of nitrogens with zero attached hydrogens (tertiary/aromatic N) is 2. The van der Waals surface area contributed by atoms with Crippen molar-refractivity contribution in [3.8, 4) is 0 Å². The third kappa shape index (κ3) is 3.56. The van der Waals surface area contributed by atoms with E-state index in [1.807, 2.05) is 23.9 Å². The number of benzene rings is 1. The Morgan fingerprint density at radius 3 is 2.67 bits per heavy atom. The van der Waals surface area contributed by atoms with Crippen molar-refractivity contribution < 1.29 is 18.0 Å². The average Bonchev–Trinajstić information content (AvgIpc) is 2.84. The first-order valence-electron chi connectivity index (χ1n) is 6.90. The lowest BCUT2D eigenvalue weighted by Gasteiger charge is -2.31. The molecule has 0 aliphatic carbocycles. The first-order valence-corrected chi connectivity index (χ1v) is 6.90. The molecule has 2 rings (SSSR count). The molecule has 1 saturated heterocycles. The van der Waals surface area contributed by atoms with E-state index < -0.39 is 11.7 Å². The standard InChI is InChI=1S/C15H19F3N2O/c1-19(2)9-12-4-3-7-20(12)14-6-5-11(10-21)8-13(14)15(16,17)18/h5-6,8,10,12H,3-4,7,9H2,1-2H3. The highest BCUT2D eigenvalue weighted by Crippen LogP contribution is 2.39. The van der Waals surface area contributed by atoms with Gasteiger partial charge in [0, 0.05) is 30.4 Å². The number of halogens is 3. The second kappa shape index (κ2) is 6.05. The number of likely N-dealkylation sites (N-methyl/N-ethyl adjacent to an activating group) is 1. The molecule has 0 aromatic heterocycles. The van der Waals surface area contributed by atoms with E-state index in [4.69, 9.17) is 0 Å². The maximum Gasteiger partial charge on any atom is 0.418 e. The van der Waals surface area contributed by atoms with Crippen molar-refractivity contribution in [3.63, 3.8) is 0 Å². The van der Waals surface area contributed by atoms with Crippen LogP contribution in [0.4, 0.5) is 18.9 Å². The van der Waals surface area contributed by atoms with Crippen molar-refractivity contribution in [3.05, 3.63) is 29.3 Å². The lowest BCUT2D eigenvalue weighted by atomic mass is 10.1. The Balaban J connectivity index is 2.40. The molecular weight excluding hydrogens is 281 g/mol. The molecule has 1 fully saturated rings. The minimum atomic E-state index is -4.46. The van der Waals surface area contributed by atoms with Crippen LogP contribution in [0.25, 0.3) is 0 Å². The minimum absolute atomic E-state index is 0.0504. The third-order valence-electron chi connectivity index (χ3n) is 3.72. The van der Waals surface area contributed by atoms with Crippen LogP contribution in [0.2, 0.25) is 0 Å². The lowest BCUT2D eigenvalue weighted by molar-refractivity contribution is -0.137. The summed E-state index contributed by atoms with van der Waals surface area (Å²) < 4.78 is 39.8. The summed E-state index contributed by atoms with van der Waals surface area (Å²) in [5.41, 5.74) is -0.496. The minimum Gasteiger partial charge on any atom is -0.367 e. The molecule has 0 N–H and O–H groups in total. The molecule has 1 aliphatic heterocycles. The van der Waals surface area contributed by atoms with Crippen LogP contribution in [0.1, 0.15) is 28.8 Å². The van der Waals surface area contributed by atoms with Gasteiger partial charge in [0.25, 0.3) is 0 Å². The molecule has 0 spiro atoms. The van der Waals surface area contributed by atoms with Gasteiger partial charge in [-0.2, -0.15) is 13.2 Å². The molecule has 1 atom stereocenters. The predicted octanol–water partition coefficient (Wildman–Crippen LogP) is 3.05. The number of rotatable bonds is 4. The van der Waals surface area contributed by atoms with Gasteiger partial charge in [-0.05, 0) is 45.1 Å². The summed E-state index contributed by atoms with van der Waals surface area (Å²) in [6.45, 7) is 1.33. The third-order valence-corrected chi connectivity index (χ3v) is 3.72. The van der Waals surface area contributed by atoms with Gasteiger partial charge in [-0.1, -0.05) is 0 Å².